The van der Waals surface area contributed by atoms with E-state index in [-0.39, 0.29) is 0 Å². The normalized spacial score (nSPS) is 6.81. The van der Waals surface area contributed by atoms with Crippen LogP contribution in [0.5, 0.6) is 0 Å². The van der Waals surface area contributed by atoms with Crippen molar-refractivity contribution >= 4 is 5.97 Å². The molecule has 0 radical (unpaired) electrons. The summed E-state index contributed by atoms with van der Waals surface area (Å²) >= 11 is 0. The van der Waals surface area contributed by atoms with E-state index in [9.17, 15) is 0 Å². The lowest BCUT2D eigenvalue weighted by Crippen LogP contribution is -1.78. The van der Waals surface area contributed by atoms with Crippen LogP contribution in [0.25, 0.3) is 0 Å². The highest BCUT2D eigenvalue weighted by atomic mass is 17.1. The Morgan fingerprint density at radius 2 is 1.19 bits per heavy atom. The van der Waals surface area contributed by atoms with Crippen LogP contribution in [0.1, 0.15) is 27.7 Å². The SMILES string of the molecule is CC.CC(=O)O.CCOO.c1ccccc1. The van der Waals surface area contributed by atoms with Crippen molar-refractivity contribution in [3.8, 4) is 0 Å². The van der Waals surface area contributed by atoms with E-state index >= 15 is 0 Å². The molecule has 4 heteroatoms. The highest BCUT2D eigenvalue weighted by molar-refractivity contribution is 5.62. The number of hydrogen-bond donors (Lipinski definition) is 2. The van der Waals surface area contributed by atoms with E-state index in [0.29, 0.717) is 6.61 Å². The van der Waals surface area contributed by atoms with Crippen molar-refractivity contribution in [2.45, 2.75) is 27.7 Å². The Balaban J connectivity index is -0.000000152. The molecular weight excluding hydrogens is 208 g/mol. The smallest absolute Gasteiger partial charge is 0.300 e. The molecule has 2 N–H and O–H groups in total. The zero-order valence-corrected chi connectivity index (χ0v) is 10.4. The fourth-order valence-electron chi connectivity index (χ4n) is 0.385. The lowest BCUT2D eigenvalue weighted by Gasteiger charge is -1.73. The summed E-state index contributed by atoms with van der Waals surface area (Å²) in [5.41, 5.74) is 0. The third kappa shape index (κ3) is 54.0. The molecule has 0 unspecified atom stereocenters. The number of carboxylic acid groups (broad SMARTS) is 1. The van der Waals surface area contributed by atoms with Crippen molar-refractivity contribution in [2.75, 3.05) is 6.61 Å². The van der Waals surface area contributed by atoms with Gasteiger partial charge in [0.15, 0.2) is 0 Å². The maximum atomic E-state index is 9.00. The first-order valence-corrected chi connectivity index (χ1v) is 5.11. The predicted octanol–water partition coefficient (Wildman–Crippen LogP) is 3.30. The van der Waals surface area contributed by atoms with Gasteiger partial charge in [-0.25, -0.2) is 4.89 Å². The molecule has 1 rings (SSSR count). The van der Waals surface area contributed by atoms with E-state index in [1.807, 2.05) is 50.2 Å². The van der Waals surface area contributed by atoms with Gasteiger partial charge in [0.2, 0.25) is 0 Å². The minimum Gasteiger partial charge on any atom is -0.481 e. The summed E-state index contributed by atoms with van der Waals surface area (Å²) in [5, 5.41) is 14.8. The number of rotatable bonds is 1. The van der Waals surface area contributed by atoms with Crippen LogP contribution >= 0.6 is 0 Å². The van der Waals surface area contributed by atoms with Gasteiger partial charge in [0.05, 0.1) is 6.61 Å². The zero-order chi connectivity index (χ0) is 13.2. The average Bonchev–Trinajstić information content (AvgIpc) is 2.33. The molecule has 0 saturated carbocycles. The third-order valence-electron chi connectivity index (χ3n) is 0.796. The molecule has 0 fully saturated rings. The lowest BCUT2D eigenvalue weighted by molar-refractivity contribution is -0.237. The molecule has 1 aromatic rings. The molecule has 94 valence electrons. The predicted molar refractivity (Wildman–Crippen MR) is 65.4 cm³/mol. The van der Waals surface area contributed by atoms with Crippen LogP contribution < -0.4 is 0 Å². The molecule has 16 heavy (non-hydrogen) atoms. The maximum Gasteiger partial charge on any atom is 0.300 e. The monoisotopic (exact) mass is 230 g/mol. The third-order valence-corrected chi connectivity index (χ3v) is 0.796. The summed E-state index contributed by atoms with van der Waals surface area (Å²) in [6, 6.07) is 12.0. The van der Waals surface area contributed by atoms with Crippen LogP contribution in [-0.4, -0.2) is 22.9 Å². The summed E-state index contributed by atoms with van der Waals surface area (Å²) in [6.45, 7) is 7.17. The maximum absolute atomic E-state index is 9.00. The second-order valence-electron chi connectivity index (χ2n) is 2.09. The molecule has 0 aromatic heterocycles. The Labute approximate surface area is 97.4 Å². The Kier molecular flexibility index (Phi) is 29.4. The van der Waals surface area contributed by atoms with Gasteiger partial charge < -0.3 is 5.11 Å². The van der Waals surface area contributed by atoms with Gasteiger partial charge in [-0.05, 0) is 6.92 Å². The van der Waals surface area contributed by atoms with Crippen molar-refractivity contribution in [3.05, 3.63) is 36.4 Å². The second-order valence-corrected chi connectivity index (χ2v) is 2.09. The van der Waals surface area contributed by atoms with Crippen LogP contribution in [0, 0.1) is 0 Å². The highest BCUT2D eigenvalue weighted by Gasteiger charge is 1.65. The van der Waals surface area contributed by atoms with Crippen molar-refractivity contribution < 1.29 is 20.0 Å². The highest BCUT2D eigenvalue weighted by Crippen LogP contribution is 1.79. The first kappa shape index (κ1) is 20.1. The van der Waals surface area contributed by atoms with E-state index < -0.39 is 5.97 Å². The molecule has 0 aliphatic rings. The summed E-state index contributed by atoms with van der Waals surface area (Å²) < 4.78 is 0. The van der Waals surface area contributed by atoms with E-state index in [2.05, 4.69) is 4.89 Å². The Hall–Kier alpha value is -1.39. The average molecular weight is 230 g/mol. The van der Waals surface area contributed by atoms with Gasteiger partial charge in [0, 0.05) is 6.92 Å². The van der Waals surface area contributed by atoms with Gasteiger partial charge in [0.25, 0.3) is 5.97 Å². The van der Waals surface area contributed by atoms with Crippen molar-refractivity contribution in [3.63, 3.8) is 0 Å². The molecule has 0 spiro atoms. The summed E-state index contributed by atoms with van der Waals surface area (Å²) in [4.78, 5) is 12.5. The Morgan fingerprint density at radius 3 is 1.25 bits per heavy atom. The molecule has 4 nitrogen and oxygen atoms in total. The number of aliphatic carboxylic acids is 1. The lowest BCUT2D eigenvalue weighted by atomic mass is 10.4. The van der Waals surface area contributed by atoms with Crippen LogP contribution in [0.15, 0.2) is 36.4 Å². The fourth-order valence-corrected chi connectivity index (χ4v) is 0.385. The van der Waals surface area contributed by atoms with Crippen LogP contribution in [0.3, 0.4) is 0 Å². The van der Waals surface area contributed by atoms with Crippen LogP contribution in [-0.2, 0) is 9.68 Å². The van der Waals surface area contributed by atoms with Crippen LogP contribution in [0.4, 0.5) is 0 Å². The van der Waals surface area contributed by atoms with Gasteiger partial charge in [-0.2, -0.15) is 0 Å². The largest absolute Gasteiger partial charge is 0.481 e. The number of hydrogen-bond acceptors (Lipinski definition) is 3. The number of benzene rings is 1. The van der Waals surface area contributed by atoms with Crippen molar-refractivity contribution in [1.29, 1.82) is 0 Å². The van der Waals surface area contributed by atoms with Crippen LogP contribution in [0.2, 0.25) is 0 Å². The first-order chi connectivity index (χ1) is 7.65. The van der Waals surface area contributed by atoms with E-state index in [0.717, 1.165) is 6.92 Å². The molecule has 0 saturated heterocycles. The standard InChI is InChI=1S/C6H6.C2H6O2.C2H4O2.C2H6/c1-2-4-6-5-3-1;1-2-4-3;1-2(3)4;1-2/h1-6H;3H,2H2,1H3;1H3,(H,3,4);1-2H3. The molecule has 1 aromatic carbocycles. The van der Waals surface area contributed by atoms with Gasteiger partial charge in [0.1, 0.15) is 0 Å². The quantitative estimate of drug-likeness (QED) is 0.573. The number of carboxylic acids is 1. The minimum absolute atomic E-state index is 0.375. The fraction of sp³-hybridized carbons (Fsp3) is 0.417. The molecule has 0 heterocycles. The molecule has 0 amide bonds. The Bertz CT molecular complexity index is 167. The molecule has 0 aliphatic heterocycles. The zero-order valence-electron chi connectivity index (χ0n) is 10.4. The topological polar surface area (TPSA) is 66.8 Å². The van der Waals surface area contributed by atoms with Crippen molar-refractivity contribution in [1.82, 2.24) is 0 Å². The molecular formula is C12H22O4. The van der Waals surface area contributed by atoms with Gasteiger partial charge in [-0.3, -0.25) is 10.1 Å². The summed E-state index contributed by atoms with van der Waals surface area (Å²) in [6.07, 6.45) is 0. The summed E-state index contributed by atoms with van der Waals surface area (Å²) in [5.74, 6) is -0.833. The molecule has 0 aliphatic carbocycles. The van der Waals surface area contributed by atoms with Gasteiger partial charge >= 0.3 is 0 Å². The molecule has 0 bridgehead atoms. The van der Waals surface area contributed by atoms with E-state index in [1.54, 1.807) is 6.92 Å². The second kappa shape index (κ2) is 23.4. The van der Waals surface area contributed by atoms with Crippen molar-refractivity contribution in [2.24, 2.45) is 0 Å². The molecule has 0 atom stereocenters. The van der Waals surface area contributed by atoms with Gasteiger partial charge in [-0.1, -0.05) is 50.2 Å². The first-order valence-electron chi connectivity index (χ1n) is 5.11. The Morgan fingerprint density at radius 1 is 1.06 bits per heavy atom. The minimum atomic E-state index is -0.833. The van der Waals surface area contributed by atoms with E-state index in [4.69, 9.17) is 15.2 Å². The number of carbonyl (C=O) groups is 1. The van der Waals surface area contributed by atoms with Gasteiger partial charge in [-0.15, -0.1) is 0 Å². The van der Waals surface area contributed by atoms with E-state index in [1.165, 1.54) is 0 Å². The summed E-state index contributed by atoms with van der Waals surface area (Å²) in [7, 11) is 0.